The predicted octanol–water partition coefficient (Wildman–Crippen LogP) is 1.41. The van der Waals surface area contributed by atoms with Gasteiger partial charge in [0.25, 0.3) is 0 Å². The van der Waals surface area contributed by atoms with Gasteiger partial charge in [0.2, 0.25) is 5.91 Å². The average molecular weight is 321 g/mol. The number of nitrogens with zero attached hydrogens (tertiary/aromatic N) is 1. The minimum absolute atomic E-state index is 0.0655. The smallest absolute Gasteiger partial charge is 0.315 e. The number of nitrogens with one attached hydrogen (secondary N) is 2. The molecule has 3 rings (SSSR count). The number of ether oxygens (including phenoxy) is 1. The first-order valence-corrected chi connectivity index (χ1v) is 7.86. The number of urea groups is 1. The van der Waals surface area contributed by atoms with E-state index in [1.807, 2.05) is 0 Å². The first kappa shape index (κ1) is 15.7. The van der Waals surface area contributed by atoms with E-state index in [2.05, 4.69) is 10.6 Å². The van der Waals surface area contributed by atoms with Crippen LogP contribution in [0, 0.1) is 5.82 Å². The molecule has 0 aliphatic carbocycles. The van der Waals surface area contributed by atoms with E-state index in [1.165, 1.54) is 12.1 Å². The van der Waals surface area contributed by atoms with Crippen LogP contribution < -0.4 is 15.5 Å². The van der Waals surface area contributed by atoms with Gasteiger partial charge in [-0.1, -0.05) is 0 Å². The van der Waals surface area contributed by atoms with Gasteiger partial charge in [-0.15, -0.1) is 0 Å². The van der Waals surface area contributed by atoms with Crippen LogP contribution in [-0.2, 0) is 9.53 Å². The Bertz CT molecular complexity index is 572. The summed E-state index contributed by atoms with van der Waals surface area (Å²) in [5, 5.41) is 5.43. The molecular weight excluding hydrogens is 301 g/mol. The third-order valence-electron chi connectivity index (χ3n) is 4.16. The van der Waals surface area contributed by atoms with E-state index in [-0.39, 0.29) is 23.9 Å². The molecule has 7 heteroatoms. The molecule has 6 nitrogen and oxygen atoms in total. The van der Waals surface area contributed by atoms with Gasteiger partial charge >= 0.3 is 6.03 Å². The van der Waals surface area contributed by atoms with E-state index < -0.39 is 6.04 Å². The third-order valence-corrected chi connectivity index (χ3v) is 4.16. The van der Waals surface area contributed by atoms with Crippen LogP contribution in [-0.4, -0.2) is 43.8 Å². The lowest BCUT2D eigenvalue weighted by Crippen LogP contribution is -2.47. The molecule has 1 aromatic carbocycles. The fraction of sp³-hybridized carbons (Fsp3) is 0.500. The Hall–Kier alpha value is -2.15. The second kappa shape index (κ2) is 6.95. The second-order valence-electron chi connectivity index (χ2n) is 5.80. The number of rotatable bonds is 4. The molecule has 0 aromatic heterocycles. The van der Waals surface area contributed by atoms with Crippen molar-refractivity contribution in [2.24, 2.45) is 0 Å². The zero-order chi connectivity index (χ0) is 16.2. The van der Waals surface area contributed by atoms with Crippen molar-refractivity contribution in [2.45, 2.75) is 31.4 Å². The SMILES string of the molecule is O=C(NCC1CCCO1)NC1CCN(c2ccc(F)cc2)C1=O. The van der Waals surface area contributed by atoms with E-state index >= 15 is 0 Å². The topological polar surface area (TPSA) is 70.7 Å². The second-order valence-corrected chi connectivity index (χ2v) is 5.80. The molecule has 0 bridgehead atoms. The highest BCUT2D eigenvalue weighted by atomic mass is 19.1. The summed E-state index contributed by atoms with van der Waals surface area (Å²) in [7, 11) is 0. The van der Waals surface area contributed by atoms with Crippen molar-refractivity contribution in [2.75, 3.05) is 24.6 Å². The number of carbonyl (C=O) groups excluding carboxylic acids is 2. The fourth-order valence-electron chi connectivity index (χ4n) is 2.91. The molecule has 2 atom stereocenters. The van der Waals surface area contributed by atoms with Gasteiger partial charge in [-0.25, -0.2) is 9.18 Å². The summed E-state index contributed by atoms with van der Waals surface area (Å²) in [4.78, 5) is 25.8. The van der Waals surface area contributed by atoms with Gasteiger partial charge in [0, 0.05) is 25.4 Å². The molecular formula is C16H20FN3O3. The van der Waals surface area contributed by atoms with Gasteiger partial charge in [0.15, 0.2) is 0 Å². The highest BCUT2D eigenvalue weighted by molar-refractivity contribution is 6.01. The zero-order valence-electron chi connectivity index (χ0n) is 12.8. The quantitative estimate of drug-likeness (QED) is 0.881. The largest absolute Gasteiger partial charge is 0.376 e. The molecule has 2 aliphatic rings. The monoisotopic (exact) mass is 321 g/mol. The van der Waals surface area contributed by atoms with E-state index in [4.69, 9.17) is 4.74 Å². The Morgan fingerprint density at radius 1 is 1.30 bits per heavy atom. The molecule has 23 heavy (non-hydrogen) atoms. The molecule has 2 heterocycles. The summed E-state index contributed by atoms with van der Waals surface area (Å²) >= 11 is 0. The summed E-state index contributed by atoms with van der Waals surface area (Å²) in [6, 6.07) is 4.85. The lowest BCUT2D eigenvalue weighted by molar-refractivity contribution is -0.118. The normalized spacial score (nSPS) is 24.0. The number of hydrogen-bond donors (Lipinski definition) is 2. The van der Waals surface area contributed by atoms with Crippen LogP contribution in [0.25, 0.3) is 0 Å². The van der Waals surface area contributed by atoms with Gasteiger partial charge in [0.1, 0.15) is 11.9 Å². The molecule has 3 amide bonds. The minimum atomic E-state index is -0.551. The van der Waals surface area contributed by atoms with Crippen LogP contribution in [0.4, 0.5) is 14.9 Å². The van der Waals surface area contributed by atoms with Crippen molar-refractivity contribution >= 4 is 17.6 Å². The molecule has 2 N–H and O–H groups in total. The maximum absolute atomic E-state index is 13.0. The third kappa shape index (κ3) is 3.79. The van der Waals surface area contributed by atoms with Crippen molar-refractivity contribution in [3.05, 3.63) is 30.1 Å². The molecule has 1 aromatic rings. The maximum atomic E-state index is 13.0. The first-order valence-electron chi connectivity index (χ1n) is 7.86. The number of anilines is 1. The Morgan fingerprint density at radius 3 is 2.78 bits per heavy atom. The molecule has 2 aliphatic heterocycles. The Labute approximate surface area is 134 Å². The molecule has 2 saturated heterocycles. The van der Waals surface area contributed by atoms with E-state index in [0.29, 0.717) is 25.2 Å². The Morgan fingerprint density at radius 2 is 2.09 bits per heavy atom. The van der Waals surface area contributed by atoms with Gasteiger partial charge in [-0.3, -0.25) is 4.79 Å². The van der Waals surface area contributed by atoms with Gasteiger partial charge in [-0.2, -0.15) is 0 Å². The van der Waals surface area contributed by atoms with Crippen LogP contribution in [0.15, 0.2) is 24.3 Å². The van der Waals surface area contributed by atoms with E-state index in [9.17, 15) is 14.0 Å². The van der Waals surface area contributed by atoms with Crippen molar-refractivity contribution in [3.8, 4) is 0 Å². The Balaban J connectivity index is 1.50. The highest BCUT2D eigenvalue weighted by Crippen LogP contribution is 2.21. The molecule has 124 valence electrons. The van der Waals surface area contributed by atoms with E-state index in [0.717, 1.165) is 19.4 Å². The lowest BCUT2D eigenvalue weighted by atomic mass is 10.2. The van der Waals surface area contributed by atoms with Crippen molar-refractivity contribution in [1.29, 1.82) is 0 Å². The summed E-state index contributed by atoms with van der Waals surface area (Å²) in [5.74, 6) is -0.521. The molecule has 0 radical (unpaired) electrons. The number of amides is 3. The standard InChI is InChI=1S/C16H20FN3O3/c17-11-3-5-12(6-4-11)20-8-7-14(15(20)21)19-16(22)18-10-13-2-1-9-23-13/h3-6,13-14H,1-2,7-10H2,(H2,18,19,22). The van der Waals surface area contributed by atoms with Gasteiger partial charge in [-0.05, 0) is 43.5 Å². The van der Waals surface area contributed by atoms with Crippen LogP contribution in [0.2, 0.25) is 0 Å². The molecule has 0 saturated carbocycles. The summed E-state index contributed by atoms with van der Waals surface area (Å²) < 4.78 is 18.4. The summed E-state index contributed by atoms with van der Waals surface area (Å²) in [6.07, 6.45) is 2.56. The summed E-state index contributed by atoms with van der Waals surface area (Å²) in [5.41, 5.74) is 0.639. The van der Waals surface area contributed by atoms with Crippen molar-refractivity contribution in [3.63, 3.8) is 0 Å². The predicted molar refractivity (Wildman–Crippen MR) is 82.7 cm³/mol. The highest BCUT2D eigenvalue weighted by Gasteiger charge is 2.33. The lowest BCUT2D eigenvalue weighted by Gasteiger charge is -2.18. The van der Waals surface area contributed by atoms with Crippen LogP contribution in [0.5, 0.6) is 0 Å². The van der Waals surface area contributed by atoms with Gasteiger partial charge in [0.05, 0.1) is 6.10 Å². The number of hydrogen-bond acceptors (Lipinski definition) is 3. The van der Waals surface area contributed by atoms with E-state index in [1.54, 1.807) is 17.0 Å². The fourth-order valence-corrected chi connectivity index (χ4v) is 2.91. The zero-order valence-corrected chi connectivity index (χ0v) is 12.8. The molecule has 0 spiro atoms. The van der Waals surface area contributed by atoms with Crippen molar-refractivity contribution in [1.82, 2.24) is 10.6 Å². The Kier molecular flexibility index (Phi) is 4.76. The maximum Gasteiger partial charge on any atom is 0.315 e. The average Bonchev–Trinajstić information content (AvgIpc) is 3.18. The van der Waals surface area contributed by atoms with Crippen LogP contribution in [0.1, 0.15) is 19.3 Å². The molecule has 2 unspecified atom stereocenters. The summed E-state index contributed by atoms with van der Waals surface area (Å²) in [6.45, 7) is 1.69. The number of carbonyl (C=O) groups is 2. The van der Waals surface area contributed by atoms with Gasteiger partial charge < -0.3 is 20.3 Å². The molecule has 2 fully saturated rings. The first-order chi connectivity index (χ1) is 11.1. The van der Waals surface area contributed by atoms with Crippen molar-refractivity contribution < 1.29 is 18.7 Å². The number of halogens is 1. The van der Waals surface area contributed by atoms with Crippen LogP contribution >= 0.6 is 0 Å². The number of benzene rings is 1. The van der Waals surface area contributed by atoms with Crippen LogP contribution in [0.3, 0.4) is 0 Å². The minimum Gasteiger partial charge on any atom is -0.376 e.